The van der Waals surface area contributed by atoms with Crippen LogP contribution in [0.2, 0.25) is 5.02 Å². The van der Waals surface area contributed by atoms with Crippen LogP contribution in [0.25, 0.3) is 0 Å². The summed E-state index contributed by atoms with van der Waals surface area (Å²) in [5.74, 6) is 0.328. The highest BCUT2D eigenvalue weighted by Gasteiger charge is 2.20. The maximum atomic E-state index is 13.2. The predicted octanol–water partition coefficient (Wildman–Crippen LogP) is 4.32. The van der Waals surface area contributed by atoms with Gasteiger partial charge in [-0.2, -0.15) is 0 Å². The van der Waals surface area contributed by atoms with E-state index in [0.29, 0.717) is 17.4 Å². The number of benzene rings is 1. The Morgan fingerprint density at radius 2 is 1.89 bits per heavy atom. The SMILES string of the molecule is NC(Cc1cc(F)ccc1Cl)C1CCCCCC1. The molecule has 0 saturated heterocycles. The first kappa shape index (κ1) is 13.8. The topological polar surface area (TPSA) is 26.0 Å². The van der Waals surface area contributed by atoms with Gasteiger partial charge in [-0.25, -0.2) is 4.39 Å². The quantitative estimate of drug-likeness (QED) is 0.813. The Bertz CT molecular complexity index is 386. The van der Waals surface area contributed by atoms with Crippen molar-refractivity contribution in [2.24, 2.45) is 11.7 Å². The van der Waals surface area contributed by atoms with Gasteiger partial charge in [-0.05, 0) is 48.9 Å². The molecule has 0 radical (unpaired) electrons. The Balaban J connectivity index is 2.00. The van der Waals surface area contributed by atoms with Crippen molar-refractivity contribution in [3.8, 4) is 0 Å². The number of halogens is 2. The second-order valence-electron chi connectivity index (χ2n) is 5.36. The molecule has 1 aliphatic rings. The van der Waals surface area contributed by atoms with Crippen molar-refractivity contribution < 1.29 is 4.39 Å². The van der Waals surface area contributed by atoms with Crippen molar-refractivity contribution in [3.05, 3.63) is 34.6 Å². The first-order chi connectivity index (χ1) is 8.66. The smallest absolute Gasteiger partial charge is 0.123 e. The summed E-state index contributed by atoms with van der Waals surface area (Å²) in [6.07, 6.45) is 8.28. The molecule has 1 atom stereocenters. The Morgan fingerprint density at radius 1 is 1.22 bits per heavy atom. The molecule has 3 heteroatoms. The van der Waals surface area contributed by atoms with Crippen LogP contribution in [-0.2, 0) is 6.42 Å². The van der Waals surface area contributed by atoms with Crippen LogP contribution in [0.4, 0.5) is 4.39 Å². The lowest BCUT2D eigenvalue weighted by molar-refractivity contribution is 0.372. The monoisotopic (exact) mass is 269 g/mol. The van der Waals surface area contributed by atoms with E-state index in [-0.39, 0.29) is 11.9 Å². The lowest BCUT2D eigenvalue weighted by Gasteiger charge is -2.22. The Hall–Kier alpha value is -0.600. The van der Waals surface area contributed by atoms with Crippen molar-refractivity contribution in [3.63, 3.8) is 0 Å². The fourth-order valence-corrected chi connectivity index (χ4v) is 3.05. The minimum atomic E-state index is -0.234. The van der Waals surface area contributed by atoms with E-state index in [1.165, 1.54) is 50.7 Å². The van der Waals surface area contributed by atoms with Crippen LogP contribution in [0.1, 0.15) is 44.1 Å². The summed E-state index contributed by atoms with van der Waals surface area (Å²) >= 11 is 6.09. The summed E-state index contributed by atoms with van der Waals surface area (Å²) in [5, 5.41) is 0.625. The third kappa shape index (κ3) is 3.69. The minimum Gasteiger partial charge on any atom is -0.327 e. The molecule has 1 unspecified atom stereocenters. The Kier molecular flexibility index (Phi) is 5.02. The first-order valence-electron chi connectivity index (χ1n) is 6.86. The van der Waals surface area contributed by atoms with Crippen LogP contribution < -0.4 is 5.73 Å². The second kappa shape index (κ2) is 6.53. The summed E-state index contributed by atoms with van der Waals surface area (Å²) in [6, 6.07) is 4.62. The summed E-state index contributed by atoms with van der Waals surface area (Å²) in [6.45, 7) is 0. The maximum Gasteiger partial charge on any atom is 0.123 e. The van der Waals surface area contributed by atoms with E-state index >= 15 is 0 Å². The summed E-state index contributed by atoms with van der Waals surface area (Å²) in [7, 11) is 0. The molecule has 2 N–H and O–H groups in total. The van der Waals surface area contributed by atoms with Gasteiger partial charge >= 0.3 is 0 Å². The molecule has 0 heterocycles. The van der Waals surface area contributed by atoms with E-state index in [0.717, 1.165) is 5.56 Å². The second-order valence-corrected chi connectivity index (χ2v) is 5.76. The van der Waals surface area contributed by atoms with Gasteiger partial charge in [0.05, 0.1) is 0 Å². The van der Waals surface area contributed by atoms with Crippen molar-refractivity contribution >= 4 is 11.6 Å². The van der Waals surface area contributed by atoms with Crippen LogP contribution in [0.3, 0.4) is 0 Å². The average Bonchev–Trinajstić information content (AvgIpc) is 2.62. The molecule has 2 rings (SSSR count). The van der Waals surface area contributed by atoms with E-state index < -0.39 is 0 Å². The van der Waals surface area contributed by atoms with Crippen LogP contribution in [-0.4, -0.2) is 6.04 Å². The van der Waals surface area contributed by atoms with Crippen LogP contribution in [0.5, 0.6) is 0 Å². The van der Waals surface area contributed by atoms with E-state index in [1.807, 2.05) is 0 Å². The molecule has 1 aromatic carbocycles. The average molecular weight is 270 g/mol. The van der Waals surface area contributed by atoms with Gasteiger partial charge in [0.1, 0.15) is 5.82 Å². The van der Waals surface area contributed by atoms with Gasteiger partial charge in [-0.3, -0.25) is 0 Å². The molecule has 0 aromatic heterocycles. The van der Waals surface area contributed by atoms with Gasteiger partial charge in [0, 0.05) is 11.1 Å². The van der Waals surface area contributed by atoms with E-state index in [4.69, 9.17) is 17.3 Å². The fraction of sp³-hybridized carbons (Fsp3) is 0.600. The third-order valence-electron chi connectivity index (χ3n) is 3.97. The zero-order valence-electron chi connectivity index (χ0n) is 10.7. The molecule has 1 fully saturated rings. The highest BCUT2D eigenvalue weighted by molar-refractivity contribution is 6.31. The van der Waals surface area contributed by atoms with Gasteiger partial charge in [-0.1, -0.05) is 37.3 Å². The minimum absolute atomic E-state index is 0.0994. The van der Waals surface area contributed by atoms with Gasteiger partial charge in [0.15, 0.2) is 0 Å². The number of nitrogens with two attached hydrogens (primary N) is 1. The van der Waals surface area contributed by atoms with Crippen LogP contribution >= 0.6 is 11.6 Å². The molecule has 1 nitrogen and oxygen atoms in total. The fourth-order valence-electron chi connectivity index (χ4n) is 2.86. The molecule has 1 aromatic rings. The number of hydrogen-bond acceptors (Lipinski definition) is 1. The van der Waals surface area contributed by atoms with E-state index in [9.17, 15) is 4.39 Å². The lowest BCUT2D eigenvalue weighted by Crippen LogP contribution is -2.32. The molecule has 0 aliphatic heterocycles. The largest absolute Gasteiger partial charge is 0.327 e. The van der Waals surface area contributed by atoms with Crippen LogP contribution in [0, 0.1) is 11.7 Å². The summed E-state index contributed by atoms with van der Waals surface area (Å²) in [4.78, 5) is 0. The molecule has 100 valence electrons. The molecule has 0 amide bonds. The predicted molar refractivity (Wildman–Crippen MR) is 74.3 cm³/mol. The van der Waals surface area contributed by atoms with Crippen molar-refractivity contribution in [2.75, 3.05) is 0 Å². The van der Waals surface area contributed by atoms with Gasteiger partial charge in [-0.15, -0.1) is 0 Å². The first-order valence-corrected chi connectivity index (χ1v) is 7.24. The zero-order valence-corrected chi connectivity index (χ0v) is 11.4. The van der Waals surface area contributed by atoms with E-state index in [2.05, 4.69) is 0 Å². The Labute approximate surface area is 114 Å². The highest BCUT2D eigenvalue weighted by Crippen LogP contribution is 2.27. The molecular formula is C15H21ClFN. The van der Waals surface area contributed by atoms with Gasteiger partial charge in [0.2, 0.25) is 0 Å². The van der Waals surface area contributed by atoms with Gasteiger partial charge in [0.25, 0.3) is 0 Å². The number of hydrogen-bond donors (Lipinski definition) is 1. The Morgan fingerprint density at radius 3 is 2.56 bits per heavy atom. The summed E-state index contributed by atoms with van der Waals surface area (Å²) < 4.78 is 13.2. The third-order valence-corrected chi connectivity index (χ3v) is 4.34. The molecule has 0 spiro atoms. The maximum absolute atomic E-state index is 13.2. The van der Waals surface area contributed by atoms with E-state index in [1.54, 1.807) is 6.07 Å². The van der Waals surface area contributed by atoms with Crippen LogP contribution in [0.15, 0.2) is 18.2 Å². The molecule has 18 heavy (non-hydrogen) atoms. The van der Waals surface area contributed by atoms with Crippen molar-refractivity contribution in [2.45, 2.75) is 51.0 Å². The lowest BCUT2D eigenvalue weighted by atomic mass is 9.88. The van der Waals surface area contributed by atoms with Gasteiger partial charge < -0.3 is 5.73 Å². The number of rotatable bonds is 3. The zero-order chi connectivity index (χ0) is 13.0. The molecule has 0 bridgehead atoms. The normalized spacial score (nSPS) is 19.5. The van der Waals surface area contributed by atoms with Crippen molar-refractivity contribution in [1.82, 2.24) is 0 Å². The standard InChI is InChI=1S/C15H21ClFN/c16-14-8-7-13(17)9-12(14)10-15(18)11-5-3-1-2-4-6-11/h7-9,11,15H,1-6,10,18H2. The molecule has 1 saturated carbocycles. The summed E-state index contributed by atoms with van der Waals surface area (Å²) in [5.41, 5.74) is 7.13. The molecular weight excluding hydrogens is 249 g/mol. The van der Waals surface area contributed by atoms with Crippen molar-refractivity contribution in [1.29, 1.82) is 0 Å². The molecule has 1 aliphatic carbocycles. The highest BCUT2D eigenvalue weighted by atomic mass is 35.5.